The molecule has 0 N–H and O–H groups in total. The molecule has 1 aliphatic heterocycles. The van der Waals surface area contributed by atoms with Crippen molar-refractivity contribution in [3.8, 4) is 0 Å². The molecule has 2 aromatic carbocycles. The predicted octanol–water partition coefficient (Wildman–Crippen LogP) is 2.37. The monoisotopic (exact) mass is 362 g/mol. The second kappa shape index (κ2) is 7.10. The van der Waals surface area contributed by atoms with Crippen molar-refractivity contribution < 1.29 is 14.3 Å². The van der Waals surface area contributed by atoms with Gasteiger partial charge in [0, 0.05) is 0 Å². The number of carbonyl (C=O) groups is 1. The van der Waals surface area contributed by atoms with Crippen LogP contribution in [0.25, 0.3) is 0 Å². The number of hydrogen-bond donors (Lipinski definition) is 0. The second-order valence-electron chi connectivity index (χ2n) is 5.18. The van der Waals surface area contributed by atoms with Crippen molar-refractivity contribution in [1.82, 2.24) is 0 Å². The van der Waals surface area contributed by atoms with Crippen LogP contribution in [0.1, 0.15) is 11.7 Å². The molecule has 1 aliphatic rings. The van der Waals surface area contributed by atoms with Gasteiger partial charge < -0.3 is 0 Å². The molecule has 1 saturated heterocycles. The number of rotatable bonds is 4. The summed E-state index contributed by atoms with van der Waals surface area (Å²) in [4.78, 5) is 12.5. The molecule has 0 radical (unpaired) electrons. The van der Waals surface area contributed by atoms with E-state index in [2.05, 4.69) is 12.1 Å². The minimum atomic E-state index is -0.229. The predicted molar refractivity (Wildman–Crippen MR) is 86.2 cm³/mol. The Morgan fingerprint density at radius 3 is 2.36 bits per heavy atom. The second-order valence-corrected chi connectivity index (χ2v) is 7.94. The number of esters is 1. The molecule has 2 aromatic rings. The number of benzene rings is 2. The van der Waals surface area contributed by atoms with E-state index in [1.165, 1.54) is 11.6 Å². The van der Waals surface area contributed by atoms with E-state index in [4.69, 9.17) is 9.47 Å². The van der Waals surface area contributed by atoms with Gasteiger partial charge in [-0.05, 0) is 0 Å². The van der Waals surface area contributed by atoms with Crippen LogP contribution in [0.3, 0.4) is 0 Å². The van der Waals surface area contributed by atoms with Gasteiger partial charge in [0.25, 0.3) is 0 Å². The third-order valence-electron chi connectivity index (χ3n) is 3.80. The van der Waals surface area contributed by atoms with E-state index in [0.717, 1.165) is 5.56 Å². The van der Waals surface area contributed by atoms with Gasteiger partial charge in [-0.25, -0.2) is 0 Å². The van der Waals surface area contributed by atoms with Gasteiger partial charge in [0.15, 0.2) is 0 Å². The third kappa shape index (κ3) is 3.25. The van der Waals surface area contributed by atoms with Gasteiger partial charge in [0.2, 0.25) is 0 Å². The number of methoxy groups -OCH3 is 1. The molecule has 4 heteroatoms. The van der Waals surface area contributed by atoms with Gasteiger partial charge in [-0.3, -0.25) is 0 Å². The van der Waals surface area contributed by atoms with Crippen molar-refractivity contribution in [2.75, 3.05) is 13.7 Å². The molecule has 0 spiro atoms. The van der Waals surface area contributed by atoms with Crippen LogP contribution in [-0.2, 0) is 14.3 Å². The molecule has 3 rings (SSSR count). The molecule has 3 nitrogen and oxygen atoms in total. The maximum atomic E-state index is 12.3. The van der Waals surface area contributed by atoms with E-state index >= 15 is 0 Å². The van der Waals surface area contributed by atoms with Crippen molar-refractivity contribution in [1.29, 1.82) is 0 Å². The quantitative estimate of drug-likeness (QED) is 0.620. The summed E-state index contributed by atoms with van der Waals surface area (Å²) in [6.07, 6.45) is -0.204. The summed E-state index contributed by atoms with van der Waals surface area (Å²) in [5.74, 6) is -0.401. The summed E-state index contributed by atoms with van der Waals surface area (Å²) in [5, 5.41) is 0. The topological polar surface area (TPSA) is 35.5 Å². The van der Waals surface area contributed by atoms with Gasteiger partial charge in [-0.15, -0.1) is 0 Å². The Balaban J connectivity index is 1.83. The number of carbonyl (C=O) groups excluding carboxylic acids is 1. The van der Waals surface area contributed by atoms with Gasteiger partial charge in [0.05, 0.1) is 0 Å². The van der Waals surface area contributed by atoms with E-state index in [9.17, 15) is 4.79 Å². The van der Waals surface area contributed by atoms with Crippen molar-refractivity contribution in [2.45, 2.75) is 10.9 Å². The van der Waals surface area contributed by atoms with Gasteiger partial charge in [-0.1, -0.05) is 0 Å². The summed E-state index contributed by atoms with van der Waals surface area (Å²) < 4.78 is 12.3. The van der Waals surface area contributed by atoms with Crippen molar-refractivity contribution >= 4 is 25.4 Å². The van der Waals surface area contributed by atoms with Crippen LogP contribution in [0.5, 0.6) is 0 Å². The molecule has 114 valence electrons. The molecule has 3 atom stereocenters. The first-order valence-corrected chi connectivity index (χ1v) is 9.10. The average molecular weight is 361 g/mol. The van der Waals surface area contributed by atoms with Gasteiger partial charge in [-0.2, -0.15) is 0 Å². The summed E-state index contributed by atoms with van der Waals surface area (Å²) in [7, 11) is 1.45. The third-order valence-corrected chi connectivity index (χ3v) is 6.48. The molecular weight excluding hydrogens is 343 g/mol. The Bertz CT molecular complexity index is 615. The van der Waals surface area contributed by atoms with E-state index in [1.54, 1.807) is 0 Å². The molecule has 0 unspecified atom stereocenters. The summed E-state index contributed by atoms with van der Waals surface area (Å²) in [6, 6.07) is 20.3. The summed E-state index contributed by atoms with van der Waals surface area (Å²) >= 11 is 0.184. The molecule has 0 amide bonds. The molecule has 0 bridgehead atoms. The Morgan fingerprint density at radius 2 is 1.73 bits per heavy atom. The first-order valence-electron chi connectivity index (χ1n) is 7.25. The summed E-state index contributed by atoms with van der Waals surface area (Å²) in [6.45, 7) is 0.605. The first kappa shape index (κ1) is 15.3. The van der Waals surface area contributed by atoms with E-state index in [1.807, 2.05) is 48.5 Å². The van der Waals surface area contributed by atoms with Crippen molar-refractivity contribution in [2.24, 2.45) is 5.92 Å². The minimum absolute atomic E-state index is 0.172. The van der Waals surface area contributed by atoms with Crippen LogP contribution in [-0.4, -0.2) is 34.6 Å². The zero-order valence-corrected chi connectivity index (χ0v) is 14.1. The van der Waals surface area contributed by atoms with Crippen LogP contribution < -0.4 is 4.46 Å². The van der Waals surface area contributed by atoms with Crippen LogP contribution in [0, 0.1) is 5.92 Å². The van der Waals surface area contributed by atoms with Crippen molar-refractivity contribution in [3.05, 3.63) is 66.2 Å². The normalized spacial score (nSPS) is 24.1. The standard InChI is InChI=1S/C18H18O3Se/c1-20-18(19)16-15(22-14-10-6-3-7-11-14)12-21-17(16)13-8-4-2-5-9-13/h2-11,15-17H,12H2,1H3/t15-,16+,17+/m0/s1. The molecule has 0 aromatic heterocycles. The molecule has 0 saturated carbocycles. The Labute approximate surface area is 136 Å². The molecule has 1 heterocycles. The number of ether oxygens (including phenoxy) is 2. The van der Waals surface area contributed by atoms with E-state index < -0.39 is 0 Å². The molecule has 22 heavy (non-hydrogen) atoms. The van der Waals surface area contributed by atoms with E-state index in [-0.39, 0.29) is 37.8 Å². The van der Waals surface area contributed by atoms with Crippen molar-refractivity contribution in [3.63, 3.8) is 0 Å². The summed E-state index contributed by atoms with van der Waals surface area (Å²) in [5.41, 5.74) is 1.05. The fourth-order valence-electron chi connectivity index (χ4n) is 2.74. The first-order chi connectivity index (χ1) is 10.8. The van der Waals surface area contributed by atoms with E-state index in [0.29, 0.717) is 6.61 Å². The molecule has 1 fully saturated rings. The Morgan fingerprint density at radius 1 is 1.09 bits per heavy atom. The Hall–Kier alpha value is -1.61. The SMILES string of the molecule is COC(=O)[C@@H]1[C@@H]([Se]c2ccccc2)CO[C@@H]1c1ccccc1. The van der Waals surface area contributed by atoms with Crippen LogP contribution in [0.4, 0.5) is 0 Å². The van der Waals surface area contributed by atoms with Gasteiger partial charge in [0.1, 0.15) is 0 Å². The molecule has 0 aliphatic carbocycles. The maximum absolute atomic E-state index is 12.3. The van der Waals surface area contributed by atoms with Crippen LogP contribution in [0.15, 0.2) is 60.7 Å². The molecular formula is C18H18O3Se. The zero-order chi connectivity index (χ0) is 15.4. The fraction of sp³-hybridized carbons (Fsp3) is 0.278. The van der Waals surface area contributed by atoms with Crippen LogP contribution >= 0.6 is 0 Å². The Kier molecular flexibility index (Phi) is 4.93. The number of hydrogen-bond acceptors (Lipinski definition) is 3. The van der Waals surface area contributed by atoms with Crippen LogP contribution in [0.2, 0.25) is 4.82 Å². The zero-order valence-electron chi connectivity index (χ0n) is 12.3. The average Bonchev–Trinajstić information content (AvgIpc) is 2.99. The van der Waals surface area contributed by atoms with Gasteiger partial charge >= 0.3 is 136 Å². The fourth-order valence-corrected chi connectivity index (χ4v) is 5.28.